The highest BCUT2D eigenvalue weighted by Crippen LogP contribution is 2.33. The lowest BCUT2D eigenvalue weighted by molar-refractivity contribution is -0.139. The van der Waals surface area contributed by atoms with E-state index in [1.165, 1.54) is 14.2 Å². The smallest absolute Gasteiger partial charge is 0.310 e. The van der Waals surface area contributed by atoms with Crippen molar-refractivity contribution in [3.05, 3.63) is 29.2 Å². The zero-order valence-corrected chi connectivity index (χ0v) is 14.3. The van der Waals surface area contributed by atoms with Gasteiger partial charge in [-0.25, -0.2) is 4.39 Å². The number of nitrogens with zero attached hydrogens (tertiary/aromatic N) is 2. The first kappa shape index (κ1) is 17.3. The Morgan fingerprint density at radius 2 is 2.00 bits per heavy atom. The third-order valence-electron chi connectivity index (χ3n) is 4.06. The van der Waals surface area contributed by atoms with Gasteiger partial charge in [-0.15, -0.1) is 0 Å². The van der Waals surface area contributed by atoms with Crippen LogP contribution in [0.4, 0.5) is 4.39 Å². The van der Waals surface area contributed by atoms with Gasteiger partial charge in [0.15, 0.2) is 11.6 Å². The van der Waals surface area contributed by atoms with Crippen molar-refractivity contribution in [2.45, 2.75) is 19.9 Å². The van der Waals surface area contributed by atoms with E-state index in [0.717, 1.165) is 17.8 Å². The van der Waals surface area contributed by atoms with Crippen LogP contribution in [0, 0.1) is 12.7 Å². The van der Waals surface area contributed by atoms with Gasteiger partial charge in [0, 0.05) is 24.2 Å². The van der Waals surface area contributed by atoms with E-state index in [0.29, 0.717) is 17.5 Å². The average Bonchev–Trinajstić information content (AvgIpc) is 2.78. The Morgan fingerprint density at radius 1 is 1.30 bits per heavy atom. The minimum Gasteiger partial charge on any atom is -0.494 e. The number of aromatic nitrogens is 1. The van der Waals surface area contributed by atoms with Crippen LogP contribution >= 0.6 is 0 Å². The third kappa shape index (κ3) is 3.32. The number of benzene rings is 1. The molecule has 2 aromatic rings. The third-order valence-corrected chi connectivity index (χ3v) is 4.06. The second kappa shape index (κ2) is 7.00. The lowest BCUT2D eigenvalue weighted by atomic mass is 10.1. The van der Waals surface area contributed by atoms with Crippen LogP contribution in [-0.2, 0) is 22.5 Å². The number of methoxy groups -OCH3 is 2. The maximum Gasteiger partial charge on any atom is 0.310 e. The van der Waals surface area contributed by atoms with Crippen LogP contribution in [0.3, 0.4) is 0 Å². The van der Waals surface area contributed by atoms with Crippen LogP contribution in [0.25, 0.3) is 10.9 Å². The lowest BCUT2D eigenvalue weighted by Gasteiger charge is -2.13. The topological polar surface area (TPSA) is 43.7 Å². The fraction of sp³-hybridized carbons (Fsp3) is 0.471. The van der Waals surface area contributed by atoms with Gasteiger partial charge in [-0.2, -0.15) is 0 Å². The molecule has 0 radical (unpaired) electrons. The molecule has 0 bridgehead atoms. The predicted molar refractivity (Wildman–Crippen MR) is 87.5 cm³/mol. The SMILES string of the molecule is COC(=O)Cc1c(C)n(CCN(C)C)c2ccc(OC)c(F)c12. The van der Waals surface area contributed by atoms with E-state index in [-0.39, 0.29) is 18.1 Å². The molecule has 0 aliphatic carbocycles. The molecule has 1 heterocycles. The van der Waals surface area contributed by atoms with Gasteiger partial charge in [0.1, 0.15) is 0 Å². The molecule has 0 atom stereocenters. The highest BCUT2D eigenvalue weighted by atomic mass is 19.1. The molecule has 0 unspecified atom stereocenters. The molecule has 0 N–H and O–H groups in total. The Kier molecular flexibility index (Phi) is 5.26. The molecule has 0 amide bonds. The van der Waals surface area contributed by atoms with Crippen LogP contribution < -0.4 is 4.74 Å². The van der Waals surface area contributed by atoms with Gasteiger partial charge in [0.25, 0.3) is 0 Å². The fourth-order valence-electron chi connectivity index (χ4n) is 2.76. The molecule has 23 heavy (non-hydrogen) atoms. The van der Waals surface area contributed by atoms with Crippen molar-refractivity contribution >= 4 is 16.9 Å². The Hall–Kier alpha value is -2.08. The molecule has 0 saturated carbocycles. The molecule has 5 nitrogen and oxygen atoms in total. The number of halogens is 1. The van der Waals surface area contributed by atoms with E-state index in [2.05, 4.69) is 4.90 Å². The van der Waals surface area contributed by atoms with E-state index < -0.39 is 5.82 Å². The highest BCUT2D eigenvalue weighted by Gasteiger charge is 2.22. The largest absolute Gasteiger partial charge is 0.494 e. The predicted octanol–water partition coefficient (Wildman–Crippen LogP) is 2.37. The standard InChI is InChI=1S/C17H23FN2O3/c1-11-12(10-15(21)23-5)16-13(20(11)9-8-19(2)3)6-7-14(22-4)17(16)18/h6-7H,8-10H2,1-5H3. The zero-order valence-electron chi connectivity index (χ0n) is 14.3. The Morgan fingerprint density at radius 3 is 2.57 bits per heavy atom. The monoisotopic (exact) mass is 322 g/mol. The maximum atomic E-state index is 14.8. The van der Waals surface area contributed by atoms with Gasteiger partial charge in [-0.05, 0) is 38.7 Å². The summed E-state index contributed by atoms with van der Waals surface area (Å²) in [5.74, 6) is -0.647. The van der Waals surface area contributed by atoms with Gasteiger partial charge in [-0.3, -0.25) is 4.79 Å². The maximum absolute atomic E-state index is 14.8. The average molecular weight is 322 g/mol. The van der Waals surface area contributed by atoms with Crippen LogP contribution in [-0.4, -0.2) is 50.3 Å². The van der Waals surface area contributed by atoms with E-state index >= 15 is 0 Å². The van der Waals surface area contributed by atoms with Crippen LogP contribution in [0.15, 0.2) is 12.1 Å². The second-order valence-corrected chi connectivity index (χ2v) is 5.75. The normalized spacial score (nSPS) is 11.3. The summed E-state index contributed by atoms with van der Waals surface area (Å²) in [6, 6.07) is 3.45. The van der Waals surface area contributed by atoms with E-state index in [1.807, 2.05) is 31.7 Å². The molecule has 0 saturated heterocycles. The van der Waals surface area contributed by atoms with Crippen molar-refractivity contribution in [3.8, 4) is 5.75 Å². The zero-order chi connectivity index (χ0) is 17.1. The summed E-state index contributed by atoms with van der Waals surface area (Å²) in [5.41, 5.74) is 2.29. The van der Waals surface area contributed by atoms with Gasteiger partial charge < -0.3 is 18.9 Å². The van der Waals surface area contributed by atoms with Crippen molar-refractivity contribution in [1.29, 1.82) is 0 Å². The number of rotatable bonds is 6. The van der Waals surface area contributed by atoms with Gasteiger partial charge in [0.05, 0.1) is 26.2 Å². The Bertz CT molecular complexity index is 722. The lowest BCUT2D eigenvalue weighted by Crippen LogP contribution is -2.19. The summed E-state index contributed by atoms with van der Waals surface area (Å²) in [5, 5.41) is 0.436. The van der Waals surface area contributed by atoms with Crippen molar-refractivity contribution in [2.24, 2.45) is 0 Å². The number of hydrogen-bond acceptors (Lipinski definition) is 4. The number of hydrogen-bond donors (Lipinski definition) is 0. The molecule has 0 aliphatic rings. The number of carbonyl (C=O) groups excluding carboxylic acids is 1. The first-order valence-corrected chi connectivity index (χ1v) is 7.46. The van der Waals surface area contributed by atoms with E-state index in [4.69, 9.17) is 9.47 Å². The highest BCUT2D eigenvalue weighted by molar-refractivity contribution is 5.91. The summed E-state index contributed by atoms with van der Waals surface area (Å²) in [4.78, 5) is 13.8. The molecular weight excluding hydrogens is 299 g/mol. The van der Waals surface area contributed by atoms with E-state index in [9.17, 15) is 9.18 Å². The Balaban J connectivity index is 2.65. The van der Waals surface area contributed by atoms with Crippen LogP contribution in [0.2, 0.25) is 0 Å². The molecule has 6 heteroatoms. The Labute approximate surface area is 135 Å². The van der Waals surface area contributed by atoms with Gasteiger partial charge in [0.2, 0.25) is 0 Å². The molecular formula is C17H23FN2O3. The second-order valence-electron chi connectivity index (χ2n) is 5.75. The number of fused-ring (bicyclic) bond motifs is 1. The first-order valence-electron chi connectivity index (χ1n) is 7.46. The minimum absolute atomic E-state index is 0.0396. The summed E-state index contributed by atoms with van der Waals surface area (Å²) >= 11 is 0. The minimum atomic E-state index is -0.435. The molecule has 126 valence electrons. The van der Waals surface area contributed by atoms with Crippen LogP contribution in [0.1, 0.15) is 11.3 Å². The number of carbonyl (C=O) groups is 1. The summed E-state index contributed by atoms with van der Waals surface area (Å²) in [6.45, 7) is 3.43. The molecule has 1 aromatic heterocycles. The first-order chi connectivity index (χ1) is 10.9. The fourth-order valence-corrected chi connectivity index (χ4v) is 2.76. The van der Waals surface area contributed by atoms with Crippen molar-refractivity contribution in [2.75, 3.05) is 34.9 Å². The summed E-state index contributed by atoms with van der Waals surface area (Å²) < 4.78 is 26.6. The van der Waals surface area contributed by atoms with E-state index in [1.54, 1.807) is 6.07 Å². The molecule has 0 fully saturated rings. The number of esters is 1. The van der Waals surface area contributed by atoms with Crippen LogP contribution in [0.5, 0.6) is 5.75 Å². The van der Waals surface area contributed by atoms with Crippen molar-refractivity contribution in [1.82, 2.24) is 9.47 Å². The van der Waals surface area contributed by atoms with Gasteiger partial charge in [-0.1, -0.05) is 0 Å². The molecule has 2 rings (SSSR count). The van der Waals surface area contributed by atoms with Gasteiger partial charge >= 0.3 is 5.97 Å². The number of likely N-dealkylation sites (N-methyl/N-ethyl adjacent to an activating group) is 1. The molecule has 0 aliphatic heterocycles. The molecule has 0 spiro atoms. The number of ether oxygens (including phenoxy) is 2. The molecule has 1 aromatic carbocycles. The van der Waals surface area contributed by atoms with Crippen molar-refractivity contribution in [3.63, 3.8) is 0 Å². The summed E-state index contributed by atoms with van der Waals surface area (Å²) in [7, 11) is 6.74. The van der Waals surface area contributed by atoms with Crippen molar-refractivity contribution < 1.29 is 18.7 Å². The summed E-state index contributed by atoms with van der Waals surface area (Å²) in [6.07, 6.45) is 0.0396. The quantitative estimate of drug-likeness (QED) is 0.766.